The third-order valence-corrected chi connectivity index (χ3v) is 4.00. The van der Waals surface area contributed by atoms with Crippen LogP contribution in [0.3, 0.4) is 0 Å². The zero-order valence-corrected chi connectivity index (χ0v) is 12.6. The molecule has 1 aliphatic carbocycles. The average molecular weight is 281 g/mol. The number of para-hydroxylation sites is 1. The van der Waals surface area contributed by atoms with E-state index in [0.29, 0.717) is 6.61 Å². The van der Waals surface area contributed by atoms with Crippen LogP contribution in [-0.4, -0.2) is 12.6 Å². The first-order valence-corrected chi connectivity index (χ1v) is 7.81. The van der Waals surface area contributed by atoms with E-state index in [0.717, 1.165) is 24.8 Å². The van der Waals surface area contributed by atoms with Crippen LogP contribution in [0.15, 0.2) is 48.5 Å². The lowest BCUT2D eigenvalue weighted by Crippen LogP contribution is -2.19. The molecule has 1 aliphatic rings. The van der Waals surface area contributed by atoms with Crippen LogP contribution in [0.2, 0.25) is 0 Å². The molecule has 0 saturated heterocycles. The van der Waals surface area contributed by atoms with Crippen LogP contribution < -0.4 is 10.1 Å². The van der Waals surface area contributed by atoms with E-state index < -0.39 is 0 Å². The number of hydrogen-bond donors (Lipinski definition) is 1. The molecular formula is C19H23NO. The minimum Gasteiger partial charge on any atom is -0.489 e. The van der Waals surface area contributed by atoms with Crippen LogP contribution in [0.25, 0.3) is 0 Å². The third-order valence-electron chi connectivity index (χ3n) is 4.00. The molecule has 0 amide bonds. The molecule has 2 heteroatoms. The van der Waals surface area contributed by atoms with Crippen molar-refractivity contribution in [3.8, 4) is 5.75 Å². The topological polar surface area (TPSA) is 21.3 Å². The van der Waals surface area contributed by atoms with Gasteiger partial charge in [-0.3, -0.25) is 0 Å². The number of benzene rings is 2. The molecule has 2 aromatic rings. The highest BCUT2D eigenvalue weighted by Gasteiger charge is 2.19. The zero-order valence-electron chi connectivity index (χ0n) is 12.6. The second kappa shape index (κ2) is 6.77. The van der Waals surface area contributed by atoms with Gasteiger partial charge in [0.05, 0.1) is 0 Å². The van der Waals surface area contributed by atoms with Crippen molar-refractivity contribution in [1.29, 1.82) is 0 Å². The molecule has 0 spiro atoms. The van der Waals surface area contributed by atoms with Gasteiger partial charge in [0.1, 0.15) is 12.4 Å². The Hall–Kier alpha value is -1.80. The average Bonchev–Trinajstić information content (AvgIpc) is 3.32. The first-order chi connectivity index (χ1) is 10.3. The SMILES string of the molecule is Cc1ccccc1OCc1ccccc1CCNC1CC1. The number of aryl methyl sites for hydroxylation is 1. The van der Waals surface area contributed by atoms with Crippen molar-refractivity contribution in [2.45, 2.75) is 38.8 Å². The van der Waals surface area contributed by atoms with Gasteiger partial charge in [0, 0.05) is 6.04 Å². The number of ether oxygens (including phenoxy) is 1. The molecule has 0 atom stereocenters. The normalized spacial score (nSPS) is 14.1. The van der Waals surface area contributed by atoms with Gasteiger partial charge in [0.25, 0.3) is 0 Å². The van der Waals surface area contributed by atoms with Crippen molar-refractivity contribution in [3.63, 3.8) is 0 Å². The molecule has 1 fully saturated rings. The van der Waals surface area contributed by atoms with Gasteiger partial charge in [-0.05, 0) is 55.5 Å². The Morgan fingerprint density at radius 1 is 1.00 bits per heavy atom. The first-order valence-electron chi connectivity index (χ1n) is 7.81. The summed E-state index contributed by atoms with van der Waals surface area (Å²) in [7, 11) is 0. The highest BCUT2D eigenvalue weighted by molar-refractivity contribution is 5.33. The molecule has 0 aliphatic heterocycles. The maximum absolute atomic E-state index is 5.98. The Morgan fingerprint density at radius 3 is 2.48 bits per heavy atom. The van der Waals surface area contributed by atoms with Crippen molar-refractivity contribution < 1.29 is 4.74 Å². The first kappa shape index (κ1) is 14.2. The summed E-state index contributed by atoms with van der Waals surface area (Å²) in [6.07, 6.45) is 3.76. The van der Waals surface area contributed by atoms with Gasteiger partial charge in [-0.1, -0.05) is 42.5 Å². The molecule has 0 unspecified atom stereocenters. The largest absolute Gasteiger partial charge is 0.489 e. The van der Waals surface area contributed by atoms with Crippen LogP contribution in [0.1, 0.15) is 29.5 Å². The van der Waals surface area contributed by atoms with E-state index in [1.165, 1.54) is 29.5 Å². The fourth-order valence-corrected chi connectivity index (χ4v) is 2.51. The number of rotatable bonds is 7. The van der Waals surface area contributed by atoms with Gasteiger partial charge in [-0.2, -0.15) is 0 Å². The summed E-state index contributed by atoms with van der Waals surface area (Å²) >= 11 is 0. The second-order valence-corrected chi connectivity index (χ2v) is 5.80. The molecule has 110 valence electrons. The van der Waals surface area contributed by atoms with Crippen LogP contribution >= 0.6 is 0 Å². The lowest BCUT2D eigenvalue weighted by Gasteiger charge is -2.13. The molecule has 0 bridgehead atoms. The standard InChI is InChI=1S/C19H23NO/c1-15-6-2-5-9-19(15)21-14-17-8-4-3-7-16(17)12-13-20-18-10-11-18/h2-9,18,20H,10-14H2,1H3. The van der Waals surface area contributed by atoms with Gasteiger partial charge in [-0.15, -0.1) is 0 Å². The Labute approximate surface area is 127 Å². The van der Waals surface area contributed by atoms with E-state index in [1.54, 1.807) is 0 Å². The smallest absolute Gasteiger partial charge is 0.122 e. The van der Waals surface area contributed by atoms with Crippen molar-refractivity contribution in [2.24, 2.45) is 0 Å². The van der Waals surface area contributed by atoms with Crippen LogP contribution in [0, 0.1) is 6.92 Å². The maximum Gasteiger partial charge on any atom is 0.122 e. The Bertz CT molecular complexity index is 590. The van der Waals surface area contributed by atoms with E-state index in [9.17, 15) is 0 Å². The van der Waals surface area contributed by atoms with E-state index in [2.05, 4.69) is 42.6 Å². The Balaban J connectivity index is 1.60. The van der Waals surface area contributed by atoms with E-state index in [1.807, 2.05) is 18.2 Å². The van der Waals surface area contributed by atoms with Crippen molar-refractivity contribution in [2.75, 3.05) is 6.54 Å². The minimum absolute atomic E-state index is 0.643. The van der Waals surface area contributed by atoms with Crippen LogP contribution in [0.4, 0.5) is 0 Å². The molecule has 0 radical (unpaired) electrons. The fraction of sp³-hybridized carbons (Fsp3) is 0.368. The van der Waals surface area contributed by atoms with Gasteiger partial charge in [-0.25, -0.2) is 0 Å². The molecule has 2 nitrogen and oxygen atoms in total. The van der Waals surface area contributed by atoms with Gasteiger partial charge in [0.15, 0.2) is 0 Å². The molecule has 21 heavy (non-hydrogen) atoms. The number of nitrogens with one attached hydrogen (secondary N) is 1. The molecule has 0 aromatic heterocycles. The molecule has 3 rings (SSSR count). The van der Waals surface area contributed by atoms with Gasteiger partial charge < -0.3 is 10.1 Å². The minimum atomic E-state index is 0.643. The Kier molecular flexibility index (Phi) is 4.56. The van der Waals surface area contributed by atoms with Crippen LogP contribution in [0.5, 0.6) is 5.75 Å². The third kappa shape index (κ3) is 4.08. The highest BCUT2D eigenvalue weighted by Crippen LogP contribution is 2.20. The summed E-state index contributed by atoms with van der Waals surface area (Å²) < 4.78 is 5.98. The summed E-state index contributed by atoms with van der Waals surface area (Å²) in [4.78, 5) is 0. The maximum atomic E-state index is 5.98. The van der Waals surface area contributed by atoms with E-state index in [-0.39, 0.29) is 0 Å². The summed E-state index contributed by atoms with van der Waals surface area (Å²) in [5, 5.41) is 3.57. The molecule has 2 aromatic carbocycles. The molecular weight excluding hydrogens is 258 g/mol. The lowest BCUT2D eigenvalue weighted by atomic mass is 10.1. The van der Waals surface area contributed by atoms with Gasteiger partial charge in [0.2, 0.25) is 0 Å². The predicted molar refractivity (Wildman–Crippen MR) is 86.7 cm³/mol. The Morgan fingerprint density at radius 2 is 1.71 bits per heavy atom. The van der Waals surface area contributed by atoms with Gasteiger partial charge >= 0.3 is 0 Å². The highest BCUT2D eigenvalue weighted by atomic mass is 16.5. The van der Waals surface area contributed by atoms with E-state index >= 15 is 0 Å². The van der Waals surface area contributed by atoms with Crippen LogP contribution in [-0.2, 0) is 13.0 Å². The number of hydrogen-bond acceptors (Lipinski definition) is 2. The summed E-state index contributed by atoms with van der Waals surface area (Å²) in [5.74, 6) is 0.975. The quantitative estimate of drug-likeness (QED) is 0.832. The fourth-order valence-electron chi connectivity index (χ4n) is 2.51. The monoisotopic (exact) mass is 281 g/mol. The van der Waals surface area contributed by atoms with Crippen molar-refractivity contribution in [3.05, 3.63) is 65.2 Å². The molecule has 1 saturated carbocycles. The predicted octanol–water partition coefficient (Wildman–Crippen LogP) is 3.87. The van der Waals surface area contributed by atoms with Crippen molar-refractivity contribution >= 4 is 0 Å². The summed E-state index contributed by atoms with van der Waals surface area (Å²) in [6, 6.07) is 17.6. The van der Waals surface area contributed by atoms with E-state index in [4.69, 9.17) is 4.74 Å². The lowest BCUT2D eigenvalue weighted by molar-refractivity contribution is 0.303. The summed E-state index contributed by atoms with van der Waals surface area (Å²) in [5.41, 5.74) is 3.86. The summed E-state index contributed by atoms with van der Waals surface area (Å²) in [6.45, 7) is 3.79. The zero-order chi connectivity index (χ0) is 14.5. The molecule has 1 N–H and O–H groups in total. The molecule has 0 heterocycles. The van der Waals surface area contributed by atoms with Crippen molar-refractivity contribution in [1.82, 2.24) is 5.32 Å². The second-order valence-electron chi connectivity index (χ2n) is 5.80.